The zero-order chi connectivity index (χ0) is 17.6. The van der Waals surface area contributed by atoms with Crippen LogP contribution in [0.25, 0.3) is 0 Å². The van der Waals surface area contributed by atoms with Crippen LogP contribution in [0.2, 0.25) is 0 Å². The van der Waals surface area contributed by atoms with E-state index in [0.29, 0.717) is 5.92 Å². The second kappa shape index (κ2) is 8.29. The number of nitrogens with one attached hydrogen (secondary N) is 1. The maximum absolute atomic E-state index is 12.0. The zero-order valence-electron chi connectivity index (χ0n) is 15.0. The summed E-state index contributed by atoms with van der Waals surface area (Å²) in [6, 6.07) is 4.08. The van der Waals surface area contributed by atoms with Gasteiger partial charge in [0.25, 0.3) is 0 Å². The molecule has 0 spiro atoms. The summed E-state index contributed by atoms with van der Waals surface area (Å²) in [6.45, 7) is 12.5. The van der Waals surface area contributed by atoms with Crippen molar-refractivity contribution in [2.24, 2.45) is 5.92 Å². The van der Waals surface area contributed by atoms with E-state index in [1.165, 1.54) is 5.56 Å². The van der Waals surface area contributed by atoms with Crippen molar-refractivity contribution in [3.05, 3.63) is 42.7 Å². The third-order valence-electron chi connectivity index (χ3n) is 4.23. The number of carbonyl (C=O) groups excluding carboxylic acids is 1. The monoisotopic (exact) mass is 331 g/mol. The molecule has 0 aliphatic carbocycles. The van der Waals surface area contributed by atoms with Gasteiger partial charge in [-0.25, -0.2) is 4.79 Å². The summed E-state index contributed by atoms with van der Waals surface area (Å²) >= 11 is 0. The molecule has 0 aromatic carbocycles. The van der Waals surface area contributed by atoms with Gasteiger partial charge < -0.3 is 10.1 Å². The summed E-state index contributed by atoms with van der Waals surface area (Å²) in [4.78, 5) is 18.5. The second-order valence-corrected chi connectivity index (χ2v) is 7.38. The molecular weight excluding hydrogens is 302 g/mol. The van der Waals surface area contributed by atoms with Crippen LogP contribution in [0.5, 0.6) is 0 Å². The highest BCUT2D eigenvalue weighted by Gasteiger charge is 2.27. The number of hydrogen-bond acceptors (Lipinski definition) is 4. The molecule has 1 amide bonds. The fraction of sp³-hybridized carbons (Fsp3) is 0.579. The van der Waals surface area contributed by atoms with Crippen LogP contribution in [0.1, 0.15) is 39.2 Å². The van der Waals surface area contributed by atoms with Crippen LogP contribution in [0.3, 0.4) is 0 Å². The van der Waals surface area contributed by atoms with Gasteiger partial charge in [-0.2, -0.15) is 0 Å². The Morgan fingerprint density at radius 3 is 2.58 bits per heavy atom. The smallest absolute Gasteiger partial charge is 0.408 e. The average Bonchev–Trinajstić information content (AvgIpc) is 2.53. The summed E-state index contributed by atoms with van der Waals surface area (Å²) in [5, 5.41) is 2.95. The molecule has 0 radical (unpaired) electrons. The second-order valence-electron chi connectivity index (χ2n) is 7.38. The first-order chi connectivity index (χ1) is 11.4. The Morgan fingerprint density at radius 2 is 2.04 bits per heavy atom. The molecule has 1 aromatic rings. The van der Waals surface area contributed by atoms with Crippen molar-refractivity contribution in [2.75, 3.05) is 13.1 Å². The summed E-state index contributed by atoms with van der Waals surface area (Å²) in [6.07, 6.45) is 7.20. The fourth-order valence-corrected chi connectivity index (χ4v) is 3.03. The Hall–Kier alpha value is -1.88. The molecule has 1 fully saturated rings. The van der Waals surface area contributed by atoms with E-state index in [0.717, 1.165) is 32.5 Å². The highest BCUT2D eigenvalue weighted by Crippen LogP contribution is 2.23. The lowest BCUT2D eigenvalue weighted by Crippen LogP contribution is -2.45. The van der Waals surface area contributed by atoms with E-state index < -0.39 is 5.60 Å². The first-order valence-electron chi connectivity index (χ1n) is 8.61. The molecule has 2 rings (SSSR count). The molecule has 2 heterocycles. The van der Waals surface area contributed by atoms with Gasteiger partial charge in [-0.1, -0.05) is 6.08 Å². The first kappa shape index (κ1) is 18.5. The van der Waals surface area contributed by atoms with Crippen LogP contribution in [0.4, 0.5) is 4.79 Å². The molecule has 5 heteroatoms. The van der Waals surface area contributed by atoms with Gasteiger partial charge in [-0.15, -0.1) is 6.58 Å². The number of nitrogens with zero attached hydrogens (tertiary/aromatic N) is 2. The third kappa shape index (κ3) is 5.96. The molecule has 1 atom stereocenters. The van der Waals surface area contributed by atoms with E-state index in [9.17, 15) is 4.79 Å². The van der Waals surface area contributed by atoms with Crippen LogP contribution in [0, 0.1) is 5.92 Å². The number of carbonyl (C=O) groups is 1. The molecule has 5 nitrogen and oxygen atoms in total. The van der Waals surface area contributed by atoms with Gasteiger partial charge in [0.1, 0.15) is 5.60 Å². The number of aromatic nitrogens is 1. The number of piperidine rings is 1. The summed E-state index contributed by atoms with van der Waals surface area (Å²) in [5.41, 5.74) is 0.805. The standard InChI is InChI=1S/C19H29N3O2/c1-5-17(21-18(23)24-19(2,3)4)16-8-12-22(13-9-16)14-15-6-10-20-11-7-15/h5-7,10-11,16-17H,1,8-9,12-14H2,2-4H3,(H,21,23). The van der Waals surface area contributed by atoms with Crippen molar-refractivity contribution in [1.82, 2.24) is 15.2 Å². The predicted molar refractivity (Wildman–Crippen MR) is 95.6 cm³/mol. The molecule has 1 aliphatic rings. The van der Waals surface area contributed by atoms with Gasteiger partial charge in [0.2, 0.25) is 0 Å². The van der Waals surface area contributed by atoms with Crippen molar-refractivity contribution in [3.63, 3.8) is 0 Å². The van der Waals surface area contributed by atoms with Crippen molar-refractivity contribution >= 4 is 6.09 Å². The van der Waals surface area contributed by atoms with Crippen LogP contribution >= 0.6 is 0 Å². The van der Waals surface area contributed by atoms with Crippen molar-refractivity contribution in [3.8, 4) is 0 Å². The lowest BCUT2D eigenvalue weighted by atomic mass is 9.89. The molecule has 0 bridgehead atoms. The van der Waals surface area contributed by atoms with E-state index in [1.807, 2.05) is 39.2 Å². The Kier molecular flexibility index (Phi) is 6.37. The average molecular weight is 331 g/mol. The topological polar surface area (TPSA) is 54.5 Å². The van der Waals surface area contributed by atoms with E-state index in [-0.39, 0.29) is 12.1 Å². The van der Waals surface area contributed by atoms with Crippen molar-refractivity contribution in [1.29, 1.82) is 0 Å². The zero-order valence-corrected chi connectivity index (χ0v) is 15.0. The van der Waals surface area contributed by atoms with E-state index in [4.69, 9.17) is 4.74 Å². The predicted octanol–water partition coefficient (Wildman–Crippen LogP) is 3.37. The quantitative estimate of drug-likeness (QED) is 0.841. The van der Waals surface area contributed by atoms with Crippen LogP contribution < -0.4 is 5.32 Å². The van der Waals surface area contributed by atoms with Gasteiger partial charge in [0.15, 0.2) is 0 Å². The molecule has 1 unspecified atom stereocenters. The number of hydrogen-bond donors (Lipinski definition) is 1. The highest BCUT2D eigenvalue weighted by atomic mass is 16.6. The molecule has 1 aromatic heterocycles. The number of pyridine rings is 1. The van der Waals surface area contributed by atoms with Gasteiger partial charge in [0, 0.05) is 18.9 Å². The number of ether oxygens (including phenoxy) is 1. The van der Waals surface area contributed by atoms with E-state index >= 15 is 0 Å². The normalized spacial score (nSPS) is 18.0. The number of likely N-dealkylation sites (tertiary alicyclic amines) is 1. The van der Waals surface area contributed by atoms with Crippen molar-refractivity contribution in [2.45, 2.75) is 51.8 Å². The lowest BCUT2D eigenvalue weighted by molar-refractivity contribution is 0.0484. The number of amides is 1. The van der Waals surface area contributed by atoms with Gasteiger partial charge >= 0.3 is 6.09 Å². The molecule has 24 heavy (non-hydrogen) atoms. The maximum atomic E-state index is 12.0. The minimum absolute atomic E-state index is 0.0390. The van der Waals surface area contributed by atoms with Crippen LogP contribution in [-0.4, -0.2) is 40.7 Å². The van der Waals surface area contributed by atoms with Gasteiger partial charge in [-0.3, -0.25) is 9.88 Å². The number of rotatable bonds is 5. The SMILES string of the molecule is C=CC(NC(=O)OC(C)(C)C)C1CCN(Cc2ccncc2)CC1. The number of alkyl carbamates (subject to hydrolysis) is 1. The first-order valence-corrected chi connectivity index (χ1v) is 8.61. The fourth-order valence-electron chi connectivity index (χ4n) is 3.03. The van der Waals surface area contributed by atoms with E-state index in [1.54, 1.807) is 0 Å². The summed E-state index contributed by atoms with van der Waals surface area (Å²) in [7, 11) is 0. The highest BCUT2D eigenvalue weighted by molar-refractivity contribution is 5.68. The van der Waals surface area contributed by atoms with Crippen molar-refractivity contribution < 1.29 is 9.53 Å². The Balaban J connectivity index is 1.81. The lowest BCUT2D eigenvalue weighted by Gasteiger charge is -2.35. The minimum atomic E-state index is -0.482. The minimum Gasteiger partial charge on any atom is -0.444 e. The molecule has 0 saturated carbocycles. The molecule has 1 saturated heterocycles. The maximum Gasteiger partial charge on any atom is 0.408 e. The van der Waals surface area contributed by atoms with Crippen LogP contribution in [0.15, 0.2) is 37.2 Å². The largest absolute Gasteiger partial charge is 0.444 e. The molecular formula is C19H29N3O2. The van der Waals surface area contributed by atoms with Gasteiger partial charge in [-0.05, 0) is 70.3 Å². The molecule has 132 valence electrons. The summed E-state index contributed by atoms with van der Waals surface area (Å²) in [5.74, 6) is 0.406. The summed E-state index contributed by atoms with van der Waals surface area (Å²) < 4.78 is 5.35. The van der Waals surface area contributed by atoms with E-state index in [2.05, 4.69) is 33.9 Å². The van der Waals surface area contributed by atoms with Crippen LogP contribution in [-0.2, 0) is 11.3 Å². The Morgan fingerprint density at radius 1 is 1.42 bits per heavy atom. The molecule has 1 aliphatic heterocycles. The Labute approximate surface area is 145 Å². The van der Waals surface area contributed by atoms with Gasteiger partial charge in [0.05, 0.1) is 6.04 Å². The molecule has 1 N–H and O–H groups in total. The Bertz CT molecular complexity index is 531. The third-order valence-corrected chi connectivity index (χ3v) is 4.23.